The average Bonchev–Trinajstić information content (AvgIpc) is 4.09. The number of benzene rings is 1. The van der Waals surface area contributed by atoms with Crippen molar-refractivity contribution >= 4 is 52.0 Å². The number of nitrogens with zero attached hydrogens (tertiary/aromatic N) is 7. The highest BCUT2D eigenvalue weighted by atomic mass is 32.1. The van der Waals surface area contributed by atoms with Crippen LogP contribution < -0.4 is 10.7 Å². The van der Waals surface area contributed by atoms with Crippen molar-refractivity contribution in [2.45, 2.75) is 109 Å². The predicted molar refractivity (Wildman–Crippen MR) is 263 cm³/mol. The Balaban J connectivity index is 1.14. The van der Waals surface area contributed by atoms with Crippen molar-refractivity contribution in [2.24, 2.45) is 11.3 Å². The van der Waals surface area contributed by atoms with Crippen LogP contribution in [-0.2, 0) is 52.8 Å². The zero-order valence-corrected chi connectivity index (χ0v) is 42.9. The number of pyridine rings is 1. The SMILES string of the molecule is CO[C@@H](C)c1ncccc1-c1c2c3cc(ccc3n1CC(F)(F)F)-c1csc(n1)C[C@H](NC(=O)[C@H](C(C)C)N(C)C(=O)N1C[C@@H]3OCCN(C(=O)/C=C/CF)[C@@H]3C1)C(=O)N1CCC[C@H](N1)C(=O)OCC(C)(C)C2. The van der Waals surface area contributed by atoms with Gasteiger partial charge in [0.05, 0.1) is 60.1 Å². The average molecular weight is 1040 g/mol. The molecule has 4 aliphatic rings. The van der Waals surface area contributed by atoms with Crippen molar-refractivity contribution in [1.29, 1.82) is 0 Å². The highest BCUT2D eigenvalue weighted by Crippen LogP contribution is 2.43. The van der Waals surface area contributed by atoms with Crippen LogP contribution in [-0.4, -0.2) is 161 Å². The van der Waals surface area contributed by atoms with E-state index in [9.17, 15) is 41.5 Å². The Hall–Kier alpha value is -5.97. The van der Waals surface area contributed by atoms with Gasteiger partial charge in [0.15, 0.2) is 0 Å². The minimum Gasteiger partial charge on any atom is -0.464 e. The van der Waals surface area contributed by atoms with E-state index in [1.807, 2.05) is 19.9 Å². The van der Waals surface area contributed by atoms with Gasteiger partial charge < -0.3 is 38.8 Å². The van der Waals surface area contributed by atoms with Gasteiger partial charge in [0.2, 0.25) is 11.8 Å². The number of likely N-dealkylation sites (tertiary alicyclic amines) is 1. The lowest BCUT2D eigenvalue weighted by Gasteiger charge is -2.37. The maximum Gasteiger partial charge on any atom is 0.406 e. The molecule has 73 heavy (non-hydrogen) atoms. The fraction of sp³-hybridized carbons (Fsp3) is 0.549. The molecule has 0 spiro atoms. The molecule has 394 valence electrons. The number of hydrazine groups is 1. The van der Waals surface area contributed by atoms with Crippen LogP contribution in [0.25, 0.3) is 33.4 Å². The number of fused-ring (bicyclic) bond motifs is 7. The number of allylic oxidation sites excluding steroid dienone is 1. The number of halogens is 4. The van der Waals surface area contributed by atoms with E-state index in [1.165, 1.54) is 50.9 Å². The largest absolute Gasteiger partial charge is 0.464 e. The normalized spacial score (nSPS) is 22.5. The van der Waals surface area contributed by atoms with Crippen LogP contribution in [0.3, 0.4) is 0 Å². The Morgan fingerprint density at radius 2 is 1.90 bits per heavy atom. The molecule has 6 atom stereocenters. The van der Waals surface area contributed by atoms with E-state index in [1.54, 1.807) is 61.5 Å². The first kappa shape index (κ1) is 53.3. The standard InChI is InChI=1S/C51H63F4N9O8S/c1-29(2)44(60(6)49(69)61-24-39-40(25-61)71-20-19-62(39)42(65)13-8-16-52)46(66)58-36-22-41-57-37(26-73-41)31-14-15-38-33(21-31)34(23-50(4,5)28-72-48(68)35-12-10-18-64(59-35)47(36)67)45(63(38)27-51(53,54)55)32-11-9-17-56-43(32)30(3)70-7/h8-9,11,13-15,17,21,26,29-30,35-36,39-40,44,59H,10,12,16,18-20,22-25,27-28H2,1-7H3,(H,58,66)/b13-8+/t30-,35-,36-,39+,40-,44-/m0/s1. The van der Waals surface area contributed by atoms with E-state index < -0.39 is 90.9 Å². The van der Waals surface area contributed by atoms with Crippen molar-refractivity contribution in [1.82, 2.24) is 45.0 Å². The molecule has 8 rings (SSSR count). The molecular weight excluding hydrogens is 975 g/mol. The number of aromatic nitrogens is 3. The van der Waals surface area contributed by atoms with Gasteiger partial charge in [0.25, 0.3) is 5.91 Å². The zero-order valence-electron chi connectivity index (χ0n) is 42.0. The number of likely N-dealkylation sites (N-methyl/N-ethyl adjacent to an activating group) is 1. The van der Waals surface area contributed by atoms with E-state index in [-0.39, 0.29) is 58.1 Å². The summed E-state index contributed by atoms with van der Waals surface area (Å²) in [6.45, 7) is 7.86. The molecule has 0 radical (unpaired) electrons. The van der Waals surface area contributed by atoms with Crippen molar-refractivity contribution < 1.29 is 55.7 Å². The van der Waals surface area contributed by atoms with Crippen LogP contribution >= 0.6 is 11.3 Å². The van der Waals surface area contributed by atoms with Crippen molar-refractivity contribution in [3.05, 3.63) is 70.3 Å². The second-order valence-corrected chi connectivity index (χ2v) is 21.2. The Bertz CT molecular complexity index is 2740. The van der Waals surface area contributed by atoms with Crippen LogP contribution in [0, 0.1) is 11.3 Å². The second-order valence-electron chi connectivity index (χ2n) is 20.3. The Kier molecular flexibility index (Phi) is 16.0. The molecule has 3 saturated heterocycles. The van der Waals surface area contributed by atoms with Crippen LogP contribution in [0.4, 0.5) is 22.4 Å². The summed E-state index contributed by atoms with van der Waals surface area (Å²) in [5.74, 6) is -2.63. The number of carbonyl (C=O) groups excluding carboxylic acids is 5. The Morgan fingerprint density at radius 3 is 2.63 bits per heavy atom. The third kappa shape index (κ3) is 11.6. The smallest absolute Gasteiger partial charge is 0.406 e. The summed E-state index contributed by atoms with van der Waals surface area (Å²) in [6.07, 6.45) is -0.941. The molecular formula is C51H63F4N9O8S. The minimum absolute atomic E-state index is 0.0895. The summed E-state index contributed by atoms with van der Waals surface area (Å²) in [5, 5.41) is 7.03. The molecule has 17 nitrogen and oxygen atoms in total. The molecule has 2 N–H and O–H groups in total. The predicted octanol–water partition coefficient (Wildman–Crippen LogP) is 6.26. The molecule has 22 heteroatoms. The van der Waals surface area contributed by atoms with Crippen LogP contribution in [0.1, 0.15) is 69.8 Å². The minimum atomic E-state index is -4.61. The molecule has 0 aliphatic carbocycles. The highest BCUT2D eigenvalue weighted by Gasteiger charge is 2.46. The second kappa shape index (κ2) is 21.9. The summed E-state index contributed by atoms with van der Waals surface area (Å²) < 4.78 is 75.8. The lowest BCUT2D eigenvalue weighted by molar-refractivity contribution is -0.155. The van der Waals surface area contributed by atoms with Crippen LogP contribution in [0.5, 0.6) is 0 Å². The monoisotopic (exact) mass is 1040 g/mol. The summed E-state index contributed by atoms with van der Waals surface area (Å²) in [6, 6.07) is 4.34. The number of urea groups is 1. The molecule has 6 bridgehead atoms. The van der Waals surface area contributed by atoms with Gasteiger partial charge >= 0.3 is 18.2 Å². The Morgan fingerprint density at radius 1 is 1.12 bits per heavy atom. The third-order valence-electron chi connectivity index (χ3n) is 14.0. The van der Waals surface area contributed by atoms with Gasteiger partial charge in [0.1, 0.15) is 31.3 Å². The molecule has 4 aromatic rings. The maximum absolute atomic E-state index is 14.7. The van der Waals surface area contributed by atoms with E-state index in [4.69, 9.17) is 19.2 Å². The number of cyclic esters (lactones) is 1. The number of thiazole rings is 1. The molecule has 1 aromatic carbocycles. The maximum atomic E-state index is 14.7. The van der Waals surface area contributed by atoms with Gasteiger partial charge in [-0.05, 0) is 68.0 Å². The number of ether oxygens (including phenoxy) is 3. The first-order valence-corrected chi connectivity index (χ1v) is 25.4. The van der Waals surface area contributed by atoms with E-state index in [0.717, 1.165) is 6.08 Å². The van der Waals surface area contributed by atoms with Gasteiger partial charge in [-0.1, -0.05) is 33.8 Å². The number of methoxy groups -OCH3 is 1. The summed E-state index contributed by atoms with van der Waals surface area (Å²) >= 11 is 1.24. The van der Waals surface area contributed by atoms with Crippen molar-refractivity contribution in [3.63, 3.8) is 0 Å². The van der Waals surface area contributed by atoms with Gasteiger partial charge in [-0.2, -0.15) is 13.2 Å². The fourth-order valence-electron chi connectivity index (χ4n) is 10.5. The molecule has 3 aromatic heterocycles. The van der Waals surface area contributed by atoms with E-state index in [2.05, 4.69) is 15.7 Å². The lowest BCUT2D eigenvalue weighted by atomic mass is 9.84. The van der Waals surface area contributed by atoms with Crippen molar-refractivity contribution in [2.75, 3.05) is 60.2 Å². The number of hydrogen-bond acceptors (Lipinski definition) is 12. The summed E-state index contributed by atoms with van der Waals surface area (Å²) in [5.41, 5.74) is 5.44. The number of alkyl halides is 4. The van der Waals surface area contributed by atoms with Crippen LogP contribution in [0.15, 0.2) is 54.1 Å². The molecule has 0 saturated carbocycles. The van der Waals surface area contributed by atoms with Gasteiger partial charge in [0, 0.05) is 85.3 Å². The summed E-state index contributed by atoms with van der Waals surface area (Å²) in [7, 11) is 3.01. The third-order valence-corrected chi connectivity index (χ3v) is 14.9. The topological polar surface area (TPSA) is 181 Å². The quantitative estimate of drug-likeness (QED) is 0.104. The molecule has 0 unspecified atom stereocenters. The van der Waals surface area contributed by atoms with Gasteiger partial charge in [-0.15, -0.1) is 11.3 Å². The number of nitrogens with one attached hydrogen (secondary N) is 2. The Labute approximate surface area is 425 Å². The molecule has 7 heterocycles. The number of rotatable bonds is 10. The highest BCUT2D eigenvalue weighted by molar-refractivity contribution is 7.10. The molecule has 4 aliphatic heterocycles. The number of morpholine rings is 1. The number of hydrogen-bond donors (Lipinski definition) is 2. The first-order chi connectivity index (χ1) is 34.7. The summed E-state index contributed by atoms with van der Waals surface area (Å²) in [4.78, 5) is 84.4. The lowest BCUT2D eigenvalue weighted by Crippen LogP contribution is -2.62. The van der Waals surface area contributed by atoms with E-state index in [0.29, 0.717) is 62.5 Å². The zero-order chi connectivity index (χ0) is 52.5. The number of esters is 1. The first-order valence-electron chi connectivity index (χ1n) is 24.5. The van der Waals surface area contributed by atoms with Crippen molar-refractivity contribution in [3.8, 4) is 22.5 Å². The fourth-order valence-corrected chi connectivity index (χ4v) is 11.3. The van der Waals surface area contributed by atoms with Gasteiger partial charge in [-0.25, -0.2) is 19.6 Å². The van der Waals surface area contributed by atoms with Gasteiger partial charge in [-0.3, -0.25) is 29.2 Å². The molecule has 3 fully saturated rings. The van der Waals surface area contributed by atoms with E-state index >= 15 is 0 Å². The number of amides is 5. The number of carbonyl (C=O) groups is 5. The molecule has 5 amide bonds. The van der Waals surface area contributed by atoms with Crippen LogP contribution in [0.2, 0.25) is 0 Å².